The van der Waals surface area contributed by atoms with Crippen molar-refractivity contribution in [1.82, 2.24) is 0 Å². The molecule has 1 fully saturated rings. The Morgan fingerprint density at radius 2 is 1.76 bits per heavy atom. The van der Waals surface area contributed by atoms with Crippen molar-refractivity contribution in [2.24, 2.45) is 0 Å². The number of phenols is 1. The number of ether oxygens (including phenoxy) is 1. The van der Waals surface area contributed by atoms with Crippen LogP contribution < -0.4 is 5.46 Å². The lowest BCUT2D eigenvalue weighted by Gasteiger charge is -2.32. The van der Waals surface area contributed by atoms with E-state index in [1.54, 1.807) is 0 Å². The van der Waals surface area contributed by atoms with Crippen molar-refractivity contribution in [2.75, 3.05) is 7.11 Å². The van der Waals surface area contributed by atoms with Gasteiger partial charge in [-0.1, -0.05) is 11.6 Å². The monoisotopic (exact) mass is 312 g/mol. The van der Waals surface area contributed by atoms with Crippen molar-refractivity contribution in [3.8, 4) is 5.75 Å². The van der Waals surface area contributed by atoms with Gasteiger partial charge in [0.1, 0.15) is 5.75 Å². The maximum absolute atomic E-state index is 11.7. The lowest BCUT2D eigenvalue weighted by atomic mass is 9.78. The van der Waals surface area contributed by atoms with Gasteiger partial charge in [0.2, 0.25) is 0 Å². The van der Waals surface area contributed by atoms with Gasteiger partial charge in [0.25, 0.3) is 0 Å². The van der Waals surface area contributed by atoms with Gasteiger partial charge in [0, 0.05) is 5.46 Å². The quantitative estimate of drug-likeness (QED) is 0.669. The van der Waals surface area contributed by atoms with Gasteiger partial charge in [-0.15, -0.1) is 0 Å². The second-order valence-corrected chi connectivity index (χ2v) is 6.35. The Morgan fingerprint density at radius 3 is 2.24 bits per heavy atom. The van der Waals surface area contributed by atoms with Gasteiger partial charge in [0.05, 0.1) is 28.9 Å². The van der Waals surface area contributed by atoms with Gasteiger partial charge >= 0.3 is 13.1 Å². The molecule has 0 aromatic heterocycles. The molecular formula is C14H18BClO5. The third-order valence-electron chi connectivity index (χ3n) is 4.00. The van der Waals surface area contributed by atoms with E-state index < -0.39 is 24.3 Å². The largest absolute Gasteiger partial charge is 0.508 e. The molecule has 1 saturated heterocycles. The molecule has 0 saturated carbocycles. The summed E-state index contributed by atoms with van der Waals surface area (Å²) in [4.78, 5) is 11.7. The first kappa shape index (κ1) is 16.1. The zero-order valence-electron chi connectivity index (χ0n) is 12.7. The zero-order chi connectivity index (χ0) is 16.0. The van der Waals surface area contributed by atoms with Crippen molar-refractivity contribution in [1.29, 1.82) is 0 Å². The Hall–Kier alpha value is -1.24. The summed E-state index contributed by atoms with van der Waals surface area (Å²) >= 11 is 6.25. The molecule has 0 unspecified atom stereocenters. The fourth-order valence-corrected chi connectivity index (χ4v) is 2.31. The molecule has 0 atom stereocenters. The molecule has 0 amide bonds. The van der Waals surface area contributed by atoms with E-state index in [4.69, 9.17) is 20.9 Å². The summed E-state index contributed by atoms with van der Waals surface area (Å²) in [6, 6.07) is 2.68. The van der Waals surface area contributed by atoms with Gasteiger partial charge in [0.15, 0.2) is 0 Å². The van der Waals surface area contributed by atoms with Gasteiger partial charge in [-0.3, -0.25) is 0 Å². The van der Waals surface area contributed by atoms with Crippen LogP contribution in [0, 0.1) is 0 Å². The molecule has 0 spiro atoms. The number of esters is 1. The van der Waals surface area contributed by atoms with E-state index in [1.807, 2.05) is 27.7 Å². The van der Waals surface area contributed by atoms with Crippen LogP contribution in [0.1, 0.15) is 38.1 Å². The highest BCUT2D eigenvalue weighted by atomic mass is 35.5. The molecule has 5 nitrogen and oxygen atoms in total. The highest BCUT2D eigenvalue weighted by Gasteiger charge is 2.52. The van der Waals surface area contributed by atoms with E-state index in [1.165, 1.54) is 19.2 Å². The van der Waals surface area contributed by atoms with Gasteiger partial charge in [-0.05, 0) is 39.8 Å². The van der Waals surface area contributed by atoms with Crippen molar-refractivity contribution >= 4 is 30.2 Å². The predicted octanol–water partition coefficient (Wildman–Crippen LogP) is 2.13. The van der Waals surface area contributed by atoms with Crippen LogP contribution in [0.2, 0.25) is 5.02 Å². The molecule has 1 N–H and O–H groups in total. The smallest absolute Gasteiger partial charge is 0.496 e. The molecule has 0 radical (unpaired) electrons. The van der Waals surface area contributed by atoms with E-state index in [-0.39, 0.29) is 16.3 Å². The maximum Gasteiger partial charge on any atom is 0.496 e. The van der Waals surface area contributed by atoms with E-state index >= 15 is 0 Å². The maximum atomic E-state index is 11.7. The Balaban J connectivity index is 2.47. The molecule has 1 aromatic rings. The van der Waals surface area contributed by atoms with Gasteiger partial charge in [-0.25, -0.2) is 4.79 Å². The third-order valence-corrected chi connectivity index (χ3v) is 4.42. The highest BCUT2D eigenvalue weighted by molar-refractivity contribution is 6.66. The van der Waals surface area contributed by atoms with Crippen molar-refractivity contribution < 1.29 is 23.9 Å². The van der Waals surface area contributed by atoms with Gasteiger partial charge in [-0.2, -0.15) is 0 Å². The molecule has 0 aliphatic carbocycles. The fraction of sp³-hybridized carbons (Fsp3) is 0.500. The number of halogens is 1. The number of phenolic OH excluding ortho intramolecular Hbond substituents is 1. The standard InChI is InChI=1S/C14H18BClO5/c1-13(2)14(3,4)21-15(20-13)10-7-8(17)6-9(11(10)16)12(18)19-5/h6-7,17H,1-5H3. The Bertz CT molecular complexity index is 569. The van der Waals surface area contributed by atoms with Crippen LogP contribution in [0.5, 0.6) is 5.75 Å². The minimum atomic E-state index is -0.766. The minimum absolute atomic E-state index is 0.0730. The van der Waals surface area contributed by atoms with Crippen LogP contribution in [0.15, 0.2) is 12.1 Å². The summed E-state index contributed by atoms with van der Waals surface area (Å²) in [5.41, 5.74) is -0.616. The first-order valence-corrected chi connectivity index (χ1v) is 6.93. The van der Waals surface area contributed by atoms with Crippen molar-refractivity contribution in [3.05, 3.63) is 22.7 Å². The number of aromatic hydroxyl groups is 1. The zero-order valence-corrected chi connectivity index (χ0v) is 13.4. The summed E-state index contributed by atoms with van der Waals surface area (Å²) in [6.45, 7) is 7.63. The SMILES string of the molecule is COC(=O)c1cc(O)cc(B2OC(C)(C)C(C)(C)O2)c1Cl. The molecule has 7 heteroatoms. The second-order valence-electron chi connectivity index (χ2n) is 5.98. The number of hydrogen-bond acceptors (Lipinski definition) is 5. The lowest BCUT2D eigenvalue weighted by molar-refractivity contribution is 0.00578. The van der Waals surface area contributed by atoms with Crippen LogP contribution in [-0.2, 0) is 14.0 Å². The van der Waals surface area contributed by atoms with E-state index in [0.29, 0.717) is 5.46 Å². The van der Waals surface area contributed by atoms with Gasteiger partial charge < -0.3 is 19.2 Å². The average Bonchev–Trinajstić information content (AvgIpc) is 2.59. The molecule has 21 heavy (non-hydrogen) atoms. The number of methoxy groups -OCH3 is 1. The number of carbonyl (C=O) groups excluding carboxylic acids is 1. The summed E-state index contributed by atoms with van der Waals surface area (Å²) in [6.07, 6.45) is 0. The van der Waals surface area contributed by atoms with E-state index in [9.17, 15) is 9.90 Å². The summed E-state index contributed by atoms with van der Waals surface area (Å²) in [5.74, 6) is -0.738. The molecular weight excluding hydrogens is 294 g/mol. The summed E-state index contributed by atoms with van der Waals surface area (Å²) in [7, 11) is 0.481. The molecule has 114 valence electrons. The first-order valence-electron chi connectivity index (χ1n) is 6.55. The van der Waals surface area contributed by atoms with Crippen molar-refractivity contribution in [3.63, 3.8) is 0 Å². The molecule has 2 rings (SSSR count). The first-order chi connectivity index (χ1) is 9.59. The molecule has 1 aliphatic rings. The Kier molecular flexibility index (Phi) is 3.99. The summed E-state index contributed by atoms with van der Waals surface area (Å²) < 4.78 is 16.4. The molecule has 0 bridgehead atoms. The number of benzene rings is 1. The number of hydrogen-bond donors (Lipinski definition) is 1. The van der Waals surface area contributed by atoms with E-state index in [0.717, 1.165) is 0 Å². The topological polar surface area (TPSA) is 65.0 Å². The lowest BCUT2D eigenvalue weighted by Crippen LogP contribution is -2.41. The normalized spacial score (nSPS) is 19.6. The average molecular weight is 313 g/mol. The van der Waals surface area contributed by atoms with Crippen LogP contribution in [0.3, 0.4) is 0 Å². The minimum Gasteiger partial charge on any atom is -0.508 e. The number of rotatable bonds is 2. The molecule has 1 aromatic carbocycles. The fourth-order valence-electron chi connectivity index (χ4n) is 2.03. The predicted molar refractivity (Wildman–Crippen MR) is 80.2 cm³/mol. The van der Waals surface area contributed by atoms with E-state index in [2.05, 4.69) is 4.74 Å². The summed E-state index contributed by atoms with van der Waals surface area (Å²) in [5, 5.41) is 9.96. The second kappa shape index (κ2) is 5.19. The van der Waals surface area contributed by atoms with Crippen molar-refractivity contribution in [2.45, 2.75) is 38.9 Å². The number of carbonyl (C=O) groups is 1. The Labute approximate surface area is 129 Å². The van der Waals surface area contributed by atoms with Crippen LogP contribution in [0.25, 0.3) is 0 Å². The van der Waals surface area contributed by atoms with Crippen LogP contribution in [-0.4, -0.2) is 36.5 Å². The Morgan fingerprint density at radius 1 is 1.24 bits per heavy atom. The molecule has 1 heterocycles. The van der Waals surface area contributed by atoms with Crippen LogP contribution >= 0.6 is 11.6 Å². The highest BCUT2D eigenvalue weighted by Crippen LogP contribution is 2.37. The van der Waals surface area contributed by atoms with Crippen LogP contribution in [0.4, 0.5) is 0 Å². The molecule has 1 aliphatic heterocycles. The third kappa shape index (κ3) is 2.75.